The van der Waals surface area contributed by atoms with Gasteiger partial charge >= 0.3 is 5.97 Å². The van der Waals surface area contributed by atoms with Crippen LogP contribution >= 0.6 is 23.2 Å². The maximum absolute atomic E-state index is 14.0. The number of benzene rings is 2. The Kier molecular flexibility index (Phi) is 7.27. The van der Waals surface area contributed by atoms with Crippen molar-refractivity contribution in [3.05, 3.63) is 57.1 Å². The number of halogens is 4. The van der Waals surface area contributed by atoms with Gasteiger partial charge < -0.3 is 19.5 Å². The highest BCUT2D eigenvalue weighted by Gasteiger charge is 2.43. The number of carbonyl (C=O) groups is 1. The first-order valence-corrected chi connectivity index (χ1v) is 12.1. The lowest BCUT2D eigenvalue weighted by atomic mass is 9.74. The van der Waals surface area contributed by atoms with E-state index >= 15 is 0 Å². The predicted molar refractivity (Wildman–Crippen MR) is 127 cm³/mol. The Balaban J connectivity index is 1.42. The summed E-state index contributed by atoms with van der Waals surface area (Å²) < 4.78 is 39.9. The molecule has 5 nitrogen and oxygen atoms in total. The molecule has 0 unspecified atom stereocenters. The highest BCUT2D eigenvalue weighted by molar-refractivity contribution is 6.36. The second-order valence-corrected chi connectivity index (χ2v) is 9.79. The molecule has 34 heavy (non-hydrogen) atoms. The fourth-order valence-electron chi connectivity index (χ4n) is 4.63. The number of carboxylic acids is 1. The number of aliphatic carboxylic acids is 1. The molecule has 0 radical (unpaired) electrons. The van der Waals surface area contributed by atoms with Crippen LogP contribution in [0.25, 0.3) is 0 Å². The van der Waals surface area contributed by atoms with Gasteiger partial charge in [0.2, 0.25) is 0 Å². The Hall–Kier alpha value is -2.09. The minimum Gasteiger partial charge on any atom is -0.492 e. The lowest BCUT2D eigenvalue weighted by Gasteiger charge is -2.38. The van der Waals surface area contributed by atoms with Crippen molar-refractivity contribution < 1.29 is 28.2 Å². The lowest BCUT2D eigenvalue weighted by Crippen LogP contribution is -2.44. The van der Waals surface area contributed by atoms with E-state index in [2.05, 4.69) is 4.90 Å². The Labute approximate surface area is 207 Å². The molecule has 2 aromatic carbocycles. The van der Waals surface area contributed by atoms with E-state index in [0.717, 1.165) is 37.2 Å². The van der Waals surface area contributed by atoms with Crippen LogP contribution in [0.2, 0.25) is 10.0 Å². The largest absolute Gasteiger partial charge is 0.492 e. The SMILES string of the molecule is CCC(F)(F)c1cc(Cl)c(COc2ccc3c(c2)OCC32CCN(CCC(=O)O)CC2)c(Cl)c1. The van der Waals surface area contributed by atoms with Gasteiger partial charge in [-0.3, -0.25) is 4.79 Å². The van der Waals surface area contributed by atoms with Crippen molar-refractivity contribution in [3.63, 3.8) is 0 Å². The third kappa shape index (κ3) is 5.11. The zero-order valence-electron chi connectivity index (χ0n) is 18.9. The van der Waals surface area contributed by atoms with Gasteiger partial charge in [0.25, 0.3) is 5.92 Å². The van der Waals surface area contributed by atoms with Crippen LogP contribution in [0.4, 0.5) is 8.78 Å². The van der Waals surface area contributed by atoms with Crippen molar-refractivity contribution in [2.45, 2.75) is 50.6 Å². The molecule has 0 aromatic heterocycles. The molecule has 1 spiro atoms. The highest BCUT2D eigenvalue weighted by Crippen LogP contribution is 2.47. The minimum absolute atomic E-state index is 0.0398. The molecule has 0 atom stereocenters. The Bertz CT molecular complexity index is 1050. The summed E-state index contributed by atoms with van der Waals surface area (Å²) in [4.78, 5) is 13.0. The van der Waals surface area contributed by atoms with Crippen LogP contribution in [0, 0.1) is 0 Å². The van der Waals surface area contributed by atoms with Gasteiger partial charge in [-0.15, -0.1) is 0 Å². The second-order valence-electron chi connectivity index (χ2n) is 8.98. The van der Waals surface area contributed by atoms with Crippen molar-refractivity contribution in [1.82, 2.24) is 4.90 Å². The number of carboxylic acid groups (broad SMARTS) is 1. The molecule has 0 saturated carbocycles. The first-order chi connectivity index (χ1) is 16.1. The van der Waals surface area contributed by atoms with Gasteiger partial charge in [-0.05, 0) is 44.1 Å². The van der Waals surface area contributed by atoms with E-state index < -0.39 is 11.9 Å². The first kappa shape index (κ1) is 25.0. The summed E-state index contributed by atoms with van der Waals surface area (Å²) in [6.07, 6.45) is 1.62. The second kappa shape index (κ2) is 9.88. The molecule has 0 amide bonds. The predicted octanol–water partition coefficient (Wildman–Crippen LogP) is 6.27. The average Bonchev–Trinajstić information content (AvgIpc) is 3.15. The van der Waals surface area contributed by atoms with Gasteiger partial charge in [0.05, 0.1) is 13.0 Å². The van der Waals surface area contributed by atoms with Gasteiger partial charge in [0.15, 0.2) is 0 Å². The van der Waals surface area contributed by atoms with E-state index in [1.165, 1.54) is 19.1 Å². The number of hydrogen-bond acceptors (Lipinski definition) is 4. The quantitative estimate of drug-likeness (QED) is 0.450. The number of nitrogens with zero attached hydrogens (tertiary/aromatic N) is 1. The number of piperidine rings is 1. The molecule has 2 heterocycles. The molecule has 0 bridgehead atoms. The van der Waals surface area contributed by atoms with Crippen molar-refractivity contribution in [2.75, 3.05) is 26.2 Å². The third-order valence-electron chi connectivity index (χ3n) is 6.87. The first-order valence-electron chi connectivity index (χ1n) is 11.3. The standard InChI is InChI=1S/C25H27Cl2F2NO4/c1-2-25(28,29)16-11-20(26)18(21(27)12-16)14-33-17-3-4-19-22(13-17)34-15-24(19)6-9-30(10-7-24)8-5-23(31)32/h3-4,11-13H,2,5-10,14-15H2,1H3,(H,31,32). The van der Waals surface area contributed by atoms with Crippen molar-refractivity contribution >= 4 is 29.2 Å². The number of hydrogen-bond donors (Lipinski definition) is 1. The Morgan fingerprint density at radius 3 is 2.50 bits per heavy atom. The molecule has 4 rings (SSSR count). The Morgan fingerprint density at radius 2 is 1.88 bits per heavy atom. The van der Waals surface area contributed by atoms with Crippen LogP contribution in [0.5, 0.6) is 11.5 Å². The number of likely N-dealkylation sites (tertiary alicyclic amines) is 1. The average molecular weight is 514 g/mol. The number of fused-ring (bicyclic) bond motifs is 2. The molecule has 2 aromatic rings. The monoisotopic (exact) mass is 513 g/mol. The van der Waals surface area contributed by atoms with Crippen LogP contribution in [-0.4, -0.2) is 42.2 Å². The molecule has 9 heteroatoms. The number of alkyl halides is 2. The maximum Gasteiger partial charge on any atom is 0.304 e. The van der Waals surface area contributed by atoms with E-state index in [9.17, 15) is 13.6 Å². The van der Waals surface area contributed by atoms with Gasteiger partial charge in [-0.1, -0.05) is 36.2 Å². The summed E-state index contributed by atoms with van der Waals surface area (Å²) in [7, 11) is 0. The third-order valence-corrected chi connectivity index (χ3v) is 7.55. The van der Waals surface area contributed by atoms with Crippen molar-refractivity contribution in [1.29, 1.82) is 0 Å². The molecule has 1 saturated heterocycles. The zero-order valence-corrected chi connectivity index (χ0v) is 20.4. The summed E-state index contributed by atoms with van der Waals surface area (Å²) in [6.45, 7) is 4.26. The van der Waals surface area contributed by atoms with Crippen LogP contribution in [0.3, 0.4) is 0 Å². The van der Waals surface area contributed by atoms with E-state index in [0.29, 0.717) is 24.5 Å². The van der Waals surface area contributed by atoms with E-state index in [1.54, 1.807) is 0 Å². The van der Waals surface area contributed by atoms with Crippen LogP contribution in [0.1, 0.15) is 49.3 Å². The molecule has 184 valence electrons. The summed E-state index contributed by atoms with van der Waals surface area (Å²) in [5, 5.41) is 9.18. The van der Waals surface area contributed by atoms with E-state index in [4.69, 9.17) is 37.8 Å². The minimum atomic E-state index is -2.99. The smallest absolute Gasteiger partial charge is 0.304 e. The maximum atomic E-state index is 14.0. The summed E-state index contributed by atoms with van der Waals surface area (Å²) in [5.74, 6) is -2.43. The summed E-state index contributed by atoms with van der Waals surface area (Å²) in [6, 6.07) is 8.20. The van der Waals surface area contributed by atoms with Crippen molar-refractivity contribution in [3.8, 4) is 11.5 Å². The van der Waals surface area contributed by atoms with Gasteiger partial charge in [-0.25, -0.2) is 8.78 Å². The van der Waals surface area contributed by atoms with Gasteiger partial charge in [0, 0.05) is 51.2 Å². The van der Waals surface area contributed by atoms with Crippen LogP contribution in [0.15, 0.2) is 30.3 Å². The summed E-state index contributed by atoms with van der Waals surface area (Å²) in [5.41, 5.74) is 1.31. The molecule has 1 fully saturated rings. The molecule has 2 aliphatic heterocycles. The van der Waals surface area contributed by atoms with E-state index in [1.807, 2.05) is 18.2 Å². The van der Waals surface area contributed by atoms with Crippen molar-refractivity contribution in [2.24, 2.45) is 0 Å². The molecular weight excluding hydrogens is 487 g/mol. The fraction of sp³-hybridized carbons (Fsp3) is 0.480. The fourth-order valence-corrected chi connectivity index (χ4v) is 5.22. The Morgan fingerprint density at radius 1 is 1.21 bits per heavy atom. The number of ether oxygens (including phenoxy) is 2. The molecule has 2 aliphatic rings. The highest BCUT2D eigenvalue weighted by atomic mass is 35.5. The van der Waals surface area contributed by atoms with E-state index in [-0.39, 0.29) is 40.5 Å². The number of rotatable bonds is 8. The molecule has 1 N–H and O–H groups in total. The molecular formula is C25H27Cl2F2NO4. The molecule has 0 aliphatic carbocycles. The van der Waals surface area contributed by atoms with Crippen LogP contribution in [-0.2, 0) is 22.7 Å². The summed E-state index contributed by atoms with van der Waals surface area (Å²) >= 11 is 12.5. The van der Waals surface area contributed by atoms with Gasteiger partial charge in [0.1, 0.15) is 18.1 Å². The topological polar surface area (TPSA) is 59.0 Å². The normalized spacial score (nSPS) is 17.4. The van der Waals surface area contributed by atoms with Crippen LogP contribution < -0.4 is 9.47 Å². The van der Waals surface area contributed by atoms with Gasteiger partial charge in [-0.2, -0.15) is 0 Å². The lowest BCUT2D eigenvalue weighted by molar-refractivity contribution is -0.137. The zero-order chi connectivity index (χ0) is 24.5.